The summed E-state index contributed by atoms with van der Waals surface area (Å²) >= 11 is 0. The Morgan fingerprint density at radius 1 is 1.00 bits per heavy atom. The number of amides is 3. The van der Waals surface area contributed by atoms with Gasteiger partial charge >= 0.3 is 0 Å². The minimum Gasteiger partial charge on any atom is -0.350 e. The summed E-state index contributed by atoms with van der Waals surface area (Å²) in [6.07, 6.45) is 4.00. The van der Waals surface area contributed by atoms with Gasteiger partial charge in [0.25, 0.3) is 17.7 Å². The molecule has 2 aromatic carbocycles. The van der Waals surface area contributed by atoms with Crippen molar-refractivity contribution in [2.45, 2.75) is 31.8 Å². The molecule has 0 bridgehead atoms. The smallest absolute Gasteiger partial charge is 0.261 e. The van der Waals surface area contributed by atoms with Gasteiger partial charge in [-0.15, -0.1) is 10.2 Å². The van der Waals surface area contributed by atoms with E-state index in [1.807, 2.05) is 4.57 Å². The first-order valence-electron chi connectivity index (χ1n) is 10.3. The van der Waals surface area contributed by atoms with Crippen LogP contribution < -0.4 is 5.32 Å². The highest BCUT2D eigenvalue weighted by molar-refractivity contribution is 6.21. The van der Waals surface area contributed by atoms with Crippen LogP contribution in [0.25, 0.3) is 0 Å². The Bertz CT molecular complexity index is 1130. The molecule has 1 aliphatic heterocycles. The number of hydrogen-bond donors (Lipinski definition) is 1. The minimum atomic E-state index is -0.290. The van der Waals surface area contributed by atoms with Crippen LogP contribution in [0, 0.1) is 0 Å². The average Bonchev–Trinajstić information content (AvgIpc) is 3.49. The van der Waals surface area contributed by atoms with Crippen molar-refractivity contribution in [3.8, 4) is 0 Å². The van der Waals surface area contributed by atoms with Crippen LogP contribution in [0.4, 0.5) is 0 Å². The lowest BCUT2D eigenvalue weighted by Gasteiger charge is -2.14. The number of imide groups is 1. The third-order valence-electron chi connectivity index (χ3n) is 5.66. The summed E-state index contributed by atoms with van der Waals surface area (Å²) < 4.78 is 1.99. The van der Waals surface area contributed by atoms with Gasteiger partial charge < -0.3 is 9.88 Å². The fourth-order valence-corrected chi connectivity index (χ4v) is 3.81. The molecule has 8 heteroatoms. The van der Waals surface area contributed by atoms with Crippen molar-refractivity contribution in [1.82, 2.24) is 25.0 Å². The van der Waals surface area contributed by atoms with Crippen LogP contribution in [0.5, 0.6) is 0 Å². The van der Waals surface area contributed by atoms with E-state index in [-0.39, 0.29) is 24.3 Å². The van der Waals surface area contributed by atoms with Crippen molar-refractivity contribution >= 4 is 17.7 Å². The standard InChI is InChI=1S/C23H21N5O3/c29-21(24-11-12-27-14-25-26-20(27)16-9-10-16)17-7-5-15(6-8-17)13-28-22(30)18-3-1-2-4-19(18)23(28)31/h1-8,14,16H,9-13H2,(H,24,29). The van der Waals surface area contributed by atoms with E-state index in [1.54, 1.807) is 54.9 Å². The van der Waals surface area contributed by atoms with Gasteiger partial charge in [0.05, 0.1) is 17.7 Å². The number of benzene rings is 2. The molecule has 3 amide bonds. The number of carbonyl (C=O) groups excluding carboxylic acids is 3. The van der Waals surface area contributed by atoms with Crippen LogP contribution in [0.1, 0.15) is 61.2 Å². The Balaban J connectivity index is 1.17. The van der Waals surface area contributed by atoms with Crippen LogP contribution in [0.3, 0.4) is 0 Å². The molecule has 1 aromatic heterocycles. The predicted molar refractivity (Wildman–Crippen MR) is 111 cm³/mol. The van der Waals surface area contributed by atoms with Gasteiger partial charge in [0.1, 0.15) is 12.2 Å². The summed E-state index contributed by atoms with van der Waals surface area (Å²) in [5.74, 6) is 0.747. The number of carbonyl (C=O) groups is 3. The third-order valence-corrected chi connectivity index (χ3v) is 5.66. The number of rotatable bonds is 7. The molecular weight excluding hydrogens is 394 g/mol. The lowest BCUT2D eigenvalue weighted by atomic mass is 10.1. The van der Waals surface area contributed by atoms with E-state index < -0.39 is 0 Å². The fraction of sp³-hybridized carbons (Fsp3) is 0.261. The molecule has 5 rings (SSSR count). The van der Waals surface area contributed by atoms with E-state index in [4.69, 9.17) is 0 Å². The molecule has 0 saturated heterocycles. The lowest BCUT2D eigenvalue weighted by molar-refractivity contribution is 0.0641. The molecule has 0 spiro atoms. The molecule has 0 radical (unpaired) electrons. The van der Waals surface area contributed by atoms with Crippen LogP contribution in [0.2, 0.25) is 0 Å². The summed E-state index contributed by atoms with van der Waals surface area (Å²) in [4.78, 5) is 38.7. The maximum Gasteiger partial charge on any atom is 0.261 e. The third kappa shape index (κ3) is 3.72. The Morgan fingerprint density at radius 2 is 1.68 bits per heavy atom. The first-order chi connectivity index (χ1) is 15.1. The molecule has 3 aromatic rings. The molecule has 0 atom stereocenters. The monoisotopic (exact) mass is 415 g/mol. The molecule has 2 aliphatic rings. The molecule has 156 valence electrons. The van der Waals surface area contributed by atoms with Crippen LogP contribution in [-0.2, 0) is 13.1 Å². The number of aromatic nitrogens is 3. The maximum atomic E-state index is 12.5. The molecule has 1 aliphatic carbocycles. The van der Waals surface area contributed by atoms with Crippen molar-refractivity contribution in [3.05, 3.63) is 82.9 Å². The highest BCUT2D eigenvalue weighted by Gasteiger charge is 2.35. The number of nitrogens with zero attached hydrogens (tertiary/aromatic N) is 4. The Hall–Kier alpha value is -3.81. The second-order valence-corrected chi connectivity index (χ2v) is 7.85. The summed E-state index contributed by atoms with van der Waals surface area (Å²) in [5, 5.41) is 11.0. The maximum absolute atomic E-state index is 12.5. The summed E-state index contributed by atoms with van der Waals surface area (Å²) in [6, 6.07) is 13.8. The largest absolute Gasteiger partial charge is 0.350 e. The molecule has 8 nitrogen and oxygen atoms in total. The molecule has 2 heterocycles. The van der Waals surface area contributed by atoms with Crippen molar-refractivity contribution < 1.29 is 14.4 Å². The quantitative estimate of drug-likeness (QED) is 0.598. The van der Waals surface area contributed by atoms with E-state index in [9.17, 15) is 14.4 Å². The van der Waals surface area contributed by atoms with Crippen molar-refractivity contribution in [1.29, 1.82) is 0 Å². The van der Waals surface area contributed by atoms with Gasteiger partial charge in [0.2, 0.25) is 0 Å². The molecule has 0 unspecified atom stereocenters. The molecule has 1 fully saturated rings. The van der Waals surface area contributed by atoms with Crippen molar-refractivity contribution in [3.63, 3.8) is 0 Å². The fourth-order valence-electron chi connectivity index (χ4n) is 3.81. The zero-order valence-electron chi connectivity index (χ0n) is 16.8. The van der Waals surface area contributed by atoms with Crippen LogP contribution in [0.15, 0.2) is 54.9 Å². The normalized spacial score (nSPS) is 15.3. The van der Waals surface area contributed by atoms with Gasteiger partial charge in [-0.2, -0.15) is 0 Å². The summed E-state index contributed by atoms with van der Waals surface area (Å²) in [7, 11) is 0. The minimum absolute atomic E-state index is 0.172. The van der Waals surface area contributed by atoms with Crippen LogP contribution >= 0.6 is 0 Å². The topological polar surface area (TPSA) is 97.2 Å². The van der Waals surface area contributed by atoms with Gasteiger partial charge in [-0.25, -0.2) is 0 Å². The van der Waals surface area contributed by atoms with Gasteiger partial charge in [-0.3, -0.25) is 19.3 Å². The van der Waals surface area contributed by atoms with Gasteiger partial charge in [0, 0.05) is 24.6 Å². The second kappa shape index (κ2) is 7.79. The van der Waals surface area contributed by atoms with Gasteiger partial charge in [0.15, 0.2) is 0 Å². The summed E-state index contributed by atoms with van der Waals surface area (Å²) in [5.41, 5.74) is 2.17. The van der Waals surface area contributed by atoms with E-state index in [0.29, 0.717) is 35.7 Å². The van der Waals surface area contributed by atoms with Crippen molar-refractivity contribution in [2.24, 2.45) is 0 Å². The number of hydrogen-bond acceptors (Lipinski definition) is 5. The molecule has 1 saturated carbocycles. The van der Waals surface area contributed by atoms with E-state index in [1.165, 1.54) is 4.90 Å². The zero-order valence-corrected chi connectivity index (χ0v) is 16.8. The van der Waals surface area contributed by atoms with E-state index in [2.05, 4.69) is 15.5 Å². The number of fused-ring (bicyclic) bond motifs is 1. The lowest BCUT2D eigenvalue weighted by Crippen LogP contribution is -2.29. The average molecular weight is 415 g/mol. The van der Waals surface area contributed by atoms with Gasteiger partial charge in [-0.1, -0.05) is 24.3 Å². The Morgan fingerprint density at radius 3 is 2.32 bits per heavy atom. The summed E-state index contributed by atoms with van der Waals surface area (Å²) in [6.45, 7) is 1.28. The van der Waals surface area contributed by atoms with E-state index >= 15 is 0 Å². The Labute approximate surface area is 178 Å². The Kier molecular flexibility index (Phi) is 4.82. The number of nitrogens with one attached hydrogen (secondary N) is 1. The van der Waals surface area contributed by atoms with Gasteiger partial charge in [-0.05, 0) is 42.7 Å². The highest BCUT2D eigenvalue weighted by atomic mass is 16.2. The van der Waals surface area contributed by atoms with E-state index in [0.717, 1.165) is 24.2 Å². The zero-order chi connectivity index (χ0) is 21.4. The molecule has 1 N–H and O–H groups in total. The highest BCUT2D eigenvalue weighted by Crippen LogP contribution is 2.38. The SMILES string of the molecule is O=C(NCCn1cnnc1C1CC1)c1ccc(CN2C(=O)c3ccccc3C2=O)cc1. The molecule has 31 heavy (non-hydrogen) atoms. The molecular formula is C23H21N5O3. The first kappa shape index (κ1) is 19.2. The van der Waals surface area contributed by atoms with Crippen LogP contribution in [-0.4, -0.2) is 43.9 Å². The van der Waals surface area contributed by atoms with Crippen molar-refractivity contribution in [2.75, 3.05) is 6.54 Å². The first-order valence-corrected chi connectivity index (χ1v) is 10.3. The second-order valence-electron chi connectivity index (χ2n) is 7.85. The predicted octanol–water partition coefficient (Wildman–Crippen LogP) is 2.38.